The monoisotopic (exact) mass is 361 g/mol. The fraction of sp³-hybridized carbons (Fsp3) is 0.158. The van der Waals surface area contributed by atoms with E-state index in [0.717, 1.165) is 11.1 Å². The second-order valence-electron chi connectivity index (χ2n) is 5.22. The van der Waals surface area contributed by atoms with E-state index >= 15 is 0 Å². The maximum Gasteiger partial charge on any atom is 0.387 e. The molecule has 0 fully saturated rings. The number of nitrogens with zero attached hydrogens (tertiary/aromatic N) is 1. The molecule has 1 aromatic rings. The molecule has 0 radical (unpaired) electrons. The molecule has 0 heterocycles. The van der Waals surface area contributed by atoms with Crippen molar-refractivity contribution in [3.63, 3.8) is 0 Å². The number of aliphatic imine (C=N–C) groups is 1. The van der Waals surface area contributed by atoms with E-state index in [1.54, 1.807) is 31.3 Å². The molecule has 1 aromatic carbocycles. The summed E-state index contributed by atoms with van der Waals surface area (Å²) in [7, 11) is 0. The number of allylic oxidation sites excluding steroid dienone is 2. The molecule has 0 saturated heterocycles. The van der Waals surface area contributed by atoms with Gasteiger partial charge in [0.2, 0.25) is 6.41 Å². The smallest absolute Gasteiger partial charge is 0.387 e. The van der Waals surface area contributed by atoms with Crippen molar-refractivity contribution in [2.24, 2.45) is 4.99 Å². The van der Waals surface area contributed by atoms with E-state index in [2.05, 4.69) is 40.2 Å². The van der Waals surface area contributed by atoms with Gasteiger partial charge < -0.3 is 15.4 Å². The van der Waals surface area contributed by atoms with E-state index in [1.807, 2.05) is 0 Å². The molecule has 0 saturated carbocycles. The topological polar surface area (TPSA) is 62.7 Å². The highest BCUT2D eigenvalue weighted by Crippen LogP contribution is 2.20. The van der Waals surface area contributed by atoms with Gasteiger partial charge in [0.05, 0.1) is 0 Å². The summed E-state index contributed by atoms with van der Waals surface area (Å²) in [5, 5.41) is 5.62. The van der Waals surface area contributed by atoms with E-state index in [4.69, 9.17) is 0 Å². The Balaban J connectivity index is 2.83. The van der Waals surface area contributed by atoms with Gasteiger partial charge in [-0.25, -0.2) is 0 Å². The minimum atomic E-state index is -2.87. The Morgan fingerprint density at radius 1 is 1.31 bits per heavy atom. The molecule has 0 spiro atoms. The first-order chi connectivity index (χ1) is 12.4. The molecule has 0 aliphatic rings. The third kappa shape index (κ3) is 7.12. The van der Waals surface area contributed by atoms with Gasteiger partial charge in [0.1, 0.15) is 5.75 Å². The van der Waals surface area contributed by atoms with E-state index in [9.17, 15) is 13.6 Å². The molecule has 26 heavy (non-hydrogen) atoms. The van der Waals surface area contributed by atoms with Gasteiger partial charge in [-0.1, -0.05) is 25.3 Å². The number of nitrogens with one attached hydrogen (secondary N) is 2. The average molecular weight is 361 g/mol. The van der Waals surface area contributed by atoms with Gasteiger partial charge in [0.25, 0.3) is 0 Å². The van der Waals surface area contributed by atoms with Crippen LogP contribution >= 0.6 is 0 Å². The van der Waals surface area contributed by atoms with Crippen LogP contribution in [0.1, 0.15) is 12.5 Å². The lowest BCUT2D eigenvalue weighted by atomic mass is 10.1. The van der Waals surface area contributed by atoms with E-state index < -0.39 is 6.61 Å². The Morgan fingerprint density at radius 3 is 2.46 bits per heavy atom. The lowest BCUT2D eigenvalue weighted by Gasteiger charge is -2.12. The fourth-order valence-electron chi connectivity index (χ4n) is 1.97. The zero-order chi connectivity index (χ0) is 19.5. The first-order valence-corrected chi connectivity index (χ1v) is 7.58. The molecule has 5 nitrogen and oxygen atoms in total. The summed E-state index contributed by atoms with van der Waals surface area (Å²) in [6.45, 7) is 10.3. The number of carbonyl (C=O) groups excluding carboxylic acids is 1. The van der Waals surface area contributed by atoms with E-state index in [0.29, 0.717) is 29.9 Å². The van der Waals surface area contributed by atoms with Gasteiger partial charge in [0.15, 0.2) is 0 Å². The number of alkyl halides is 2. The standard InChI is InChI=1S/C19H21F2N3O2/c1-13(2)18(24-12-25)9-14(3)23-11-16(10-22-4)15-5-7-17(8-6-15)26-19(20)21/h5-10,12,19,23H,1,3-4,11H2,2H3,(H,24,25)/b16-10+,18-9+. The summed E-state index contributed by atoms with van der Waals surface area (Å²) < 4.78 is 28.7. The number of rotatable bonds is 11. The normalized spacial score (nSPS) is 11.7. The molecule has 0 aliphatic heterocycles. The molecule has 2 N–H and O–H groups in total. The van der Waals surface area contributed by atoms with Crippen LogP contribution in [0.3, 0.4) is 0 Å². The fourth-order valence-corrected chi connectivity index (χ4v) is 1.97. The summed E-state index contributed by atoms with van der Waals surface area (Å²) in [6, 6.07) is 6.17. The van der Waals surface area contributed by atoms with Gasteiger partial charge in [-0.2, -0.15) is 8.78 Å². The van der Waals surface area contributed by atoms with Gasteiger partial charge in [-0.05, 0) is 48.6 Å². The van der Waals surface area contributed by atoms with E-state index in [1.165, 1.54) is 12.1 Å². The minimum absolute atomic E-state index is 0.0704. The summed E-state index contributed by atoms with van der Waals surface area (Å²) in [6.07, 6.45) is 3.76. The SMILES string of the molecule is C=N/C=C(\CNC(=C)/C=C(/NC=O)C(=C)C)c1ccc(OC(F)F)cc1. The molecule has 1 amide bonds. The average Bonchev–Trinajstić information content (AvgIpc) is 2.58. The Hall–Kier alpha value is -3.22. The number of ether oxygens (including phenoxy) is 1. The second kappa shape index (κ2) is 10.6. The van der Waals surface area contributed by atoms with Gasteiger partial charge in [0, 0.05) is 24.1 Å². The summed E-state index contributed by atoms with van der Waals surface area (Å²) in [5.74, 6) is 0.0704. The molecular weight excluding hydrogens is 340 g/mol. The van der Waals surface area contributed by atoms with Crippen LogP contribution in [0, 0.1) is 0 Å². The van der Waals surface area contributed by atoms with Crippen molar-refractivity contribution in [2.75, 3.05) is 6.54 Å². The summed E-state index contributed by atoms with van der Waals surface area (Å²) >= 11 is 0. The number of halogens is 2. The van der Waals surface area contributed by atoms with Crippen molar-refractivity contribution < 1.29 is 18.3 Å². The van der Waals surface area contributed by atoms with Crippen molar-refractivity contribution in [1.82, 2.24) is 10.6 Å². The Bertz CT molecular complexity index is 723. The Morgan fingerprint density at radius 2 is 1.96 bits per heavy atom. The first kappa shape index (κ1) is 20.8. The van der Waals surface area contributed by atoms with Gasteiger partial charge in [-0.3, -0.25) is 9.79 Å². The quantitative estimate of drug-likeness (QED) is 0.359. The Labute approximate surface area is 151 Å². The number of hydrogen-bond acceptors (Lipinski definition) is 4. The largest absolute Gasteiger partial charge is 0.435 e. The molecule has 138 valence electrons. The van der Waals surface area contributed by atoms with E-state index in [-0.39, 0.29) is 5.75 Å². The second-order valence-corrected chi connectivity index (χ2v) is 5.22. The maximum absolute atomic E-state index is 12.2. The van der Waals surface area contributed by atoms with Crippen molar-refractivity contribution in [2.45, 2.75) is 13.5 Å². The van der Waals surface area contributed by atoms with Crippen LogP contribution in [0.25, 0.3) is 5.57 Å². The molecule has 1 rings (SSSR count). The van der Waals surface area contributed by atoms with Crippen molar-refractivity contribution in [3.8, 4) is 5.75 Å². The minimum Gasteiger partial charge on any atom is -0.435 e. The highest BCUT2D eigenvalue weighted by atomic mass is 19.3. The molecule has 7 heteroatoms. The molecule has 0 unspecified atom stereocenters. The lowest BCUT2D eigenvalue weighted by molar-refractivity contribution is -0.108. The van der Waals surface area contributed by atoms with Gasteiger partial charge >= 0.3 is 6.61 Å². The van der Waals surface area contributed by atoms with Crippen LogP contribution in [0.4, 0.5) is 8.78 Å². The summed E-state index contributed by atoms with van der Waals surface area (Å²) in [5.41, 5.74) is 3.29. The number of amides is 1. The van der Waals surface area contributed by atoms with Crippen molar-refractivity contribution in [1.29, 1.82) is 0 Å². The predicted molar refractivity (Wildman–Crippen MR) is 99.8 cm³/mol. The van der Waals surface area contributed by atoms with Crippen LogP contribution in [0.15, 0.2) is 71.7 Å². The van der Waals surface area contributed by atoms with Gasteiger partial charge in [-0.15, -0.1) is 0 Å². The van der Waals surface area contributed by atoms with Crippen LogP contribution in [-0.4, -0.2) is 26.3 Å². The third-order valence-electron chi connectivity index (χ3n) is 3.20. The first-order valence-electron chi connectivity index (χ1n) is 7.58. The van der Waals surface area contributed by atoms with Crippen molar-refractivity contribution in [3.05, 3.63) is 72.2 Å². The Kier molecular flexibility index (Phi) is 8.49. The van der Waals surface area contributed by atoms with Crippen LogP contribution in [0.2, 0.25) is 0 Å². The molecule has 0 aliphatic carbocycles. The zero-order valence-electron chi connectivity index (χ0n) is 14.5. The number of benzene rings is 1. The molecule has 0 atom stereocenters. The number of carbonyl (C=O) groups is 1. The summed E-state index contributed by atoms with van der Waals surface area (Å²) in [4.78, 5) is 14.4. The third-order valence-corrected chi connectivity index (χ3v) is 3.20. The highest BCUT2D eigenvalue weighted by molar-refractivity contribution is 5.68. The molecule has 0 bridgehead atoms. The maximum atomic E-state index is 12.2. The van der Waals surface area contributed by atoms with Crippen LogP contribution in [0.5, 0.6) is 5.75 Å². The predicted octanol–water partition coefficient (Wildman–Crippen LogP) is 3.64. The zero-order valence-corrected chi connectivity index (χ0v) is 14.5. The molecule has 0 aromatic heterocycles. The molecular formula is C19H21F2N3O2. The lowest BCUT2D eigenvalue weighted by Crippen LogP contribution is -2.17. The number of hydrogen-bond donors (Lipinski definition) is 2. The van der Waals surface area contributed by atoms with Crippen LogP contribution in [-0.2, 0) is 4.79 Å². The van der Waals surface area contributed by atoms with Crippen molar-refractivity contribution >= 4 is 18.7 Å². The highest BCUT2D eigenvalue weighted by Gasteiger charge is 2.06. The van der Waals surface area contributed by atoms with Crippen LogP contribution < -0.4 is 15.4 Å².